The molecular weight excluding hydrogens is 338 g/mol. The third-order valence-corrected chi connectivity index (χ3v) is 7.57. The van der Waals surface area contributed by atoms with Crippen LogP contribution in [0.5, 0.6) is 0 Å². The molecule has 1 aromatic rings. The summed E-state index contributed by atoms with van der Waals surface area (Å²) in [4.78, 5) is 23.0. The first kappa shape index (κ1) is 17.2. The summed E-state index contributed by atoms with van der Waals surface area (Å²) in [6.07, 6.45) is 3.94. The number of hydrogen-bond acceptors (Lipinski definition) is 6. The number of carbonyl (C=O) groups is 1. The molecule has 7 heteroatoms. The third kappa shape index (κ3) is 2.67. The minimum absolute atomic E-state index is 0.107. The zero-order chi connectivity index (χ0) is 17.6. The summed E-state index contributed by atoms with van der Waals surface area (Å²) < 4.78 is 5.41. The van der Waals surface area contributed by atoms with E-state index in [1.807, 2.05) is 6.92 Å². The Balaban J connectivity index is 1.58. The van der Waals surface area contributed by atoms with Crippen LogP contribution in [0.2, 0.25) is 0 Å². The van der Waals surface area contributed by atoms with E-state index in [9.17, 15) is 9.90 Å². The first-order chi connectivity index (χ1) is 12.1. The number of aromatic nitrogens is 1. The standard InChI is InChI=1S/C18H27N3O3S/c1-3-18(11-22)10-13-4-5-14(18)21(13)16(23)15-12(2)19-17(25-15)20-6-8-24-9-7-20/h13-14,22H,3-11H2,1-2H3/t13-,14+,18-/m1/s1. The van der Waals surface area contributed by atoms with Crippen molar-refractivity contribution >= 4 is 22.4 Å². The number of amides is 1. The minimum atomic E-state index is -0.107. The van der Waals surface area contributed by atoms with Gasteiger partial charge in [-0.05, 0) is 32.6 Å². The van der Waals surface area contributed by atoms with Crippen LogP contribution in [-0.2, 0) is 4.74 Å². The number of ether oxygens (including phenoxy) is 1. The van der Waals surface area contributed by atoms with Crippen LogP contribution in [0, 0.1) is 12.3 Å². The molecule has 0 aliphatic carbocycles. The predicted molar refractivity (Wildman–Crippen MR) is 97.3 cm³/mol. The predicted octanol–water partition coefficient (Wildman–Crippen LogP) is 2.05. The molecule has 3 aliphatic heterocycles. The largest absolute Gasteiger partial charge is 0.396 e. The number of anilines is 1. The third-order valence-electron chi connectivity index (χ3n) is 6.37. The van der Waals surface area contributed by atoms with Crippen molar-refractivity contribution in [1.29, 1.82) is 0 Å². The quantitative estimate of drug-likeness (QED) is 0.885. The van der Waals surface area contributed by atoms with Crippen LogP contribution < -0.4 is 4.90 Å². The number of carbonyl (C=O) groups excluding carboxylic acids is 1. The van der Waals surface area contributed by atoms with Crippen LogP contribution in [0.15, 0.2) is 0 Å². The highest BCUT2D eigenvalue weighted by Crippen LogP contribution is 2.52. The lowest BCUT2D eigenvalue weighted by Crippen LogP contribution is -2.42. The molecule has 0 radical (unpaired) electrons. The van der Waals surface area contributed by atoms with Crippen LogP contribution >= 0.6 is 11.3 Å². The molecule has 25 heavy (non-hydrogen) atoms. The summed E-state index contributed by atoms with van der Waals surface area (Å²) in [6, 6.07) is 0.450. The van der Waals surface area contributed by atoms with Gasteiger partial charge in [0.05, 0.1) is 25.5 Å². The Hall–Kier alpha value is -1.18. The zero-order valence-electron chi connectivity index (χ0n) is 15.0. The first-order valence-corrected chi connectivity index (χ1v) is 10.1. The maximum atomic E-state index is 13.3. The number of morpholine rings is 1. The Morgan fingerprint density at radius 1 is 1.40 bits per heavy atom. The highest BCUT2D eigenvalue weighted by atomic mass is 32.1. The smallest absolute Gasteiger partial charge is 0.266 e. The van der Waals surface area contributed by atoms with Gasteiger partial charge in [-0.1, -0.05) is 18.3 Å². The zero-order valence-corrected chi connectivity index (χ0v) is 15.8. The van der Waals surface area contributed by atoms with Crippen molar-refractivity contribution in [3.05, 3.63) is 10.6 Å². The lowest BCUT2D eigenvalue weighted by atomic mass is 9.72. The number of hydrogen-bond donors (Lipinski definition) is 1. The number of aliphatic hydroxyl groups excluding tert-OH is 1. The molecule has 1 amide bonds. The summed E-state index contributed by atoms with van der Waals surface area (Å²) in [6.45, 7) is 7.34. The highest BCUT2D eigenvalue weighted by Gasteiger charge is 2.56. The van der Waals surface area contributed by atoms with Crippen molar-refractivity contribution < 1.29 is 14.6 Å². The molecule has 4 heterocycles. The summed E-state index contributed by atoms with van der Waals surface area (Å²) in [5.74, 6) is 0.116. The van der Waals surface area contributed by atoms with Gasteiger partial charge >= 0.3 is 0 Å². The van der Waals surface area contributed by atoms with E-state index in [4.69, 9.17) is 4.74 Å². The average molecular weight is 365 g/mol. The van der Waals surface area contributed by atoms with E-state index in [0.29, 0.717) is 13.2 Å². The van der Waals surface area contributed by atoms with Crippen molar-refractivity contribution in [2.24, 2.45) is 5.41 Å². The lowest BCUT2D eigenvalue weighted by Gasteiger charge is -2.34. The fourth-order valence-corrected chi connectivity index (χ4v) is 5.91. The number of aryl methyl sites for hydroxylation is 1. The summed E-state index contributed by atoms with van der Waals surface area (Å²) in [7, 11) is 0. The van der Waals surface area contributed by atoms with E-state index in [0.717, 1.165) is 54.5 Å². The fraction of sp³-hybridized carbons (Fsp3) is 0.778. The van der Waals surface area contributed by atoms with Crippen molar-refractivity contribution in [2.75, 3.05) is 37.8 Å². The molecule has 0 spiro atoms. The second-order valence-corrected chi connectivity index (χ2v) is 8.53. The van der Waals surface area contributed by atoms with Crippen LogP contribution in [0.1, 0.15) is 48.0 Å². The number of nitrogens with zero attached hydrogens (tertiary/aromatic N) is 3. The van der Waals surface area contributed by atoms with E-state index in [-0.39, 0.29) is 30.0 Å². The monoisotopic (exact) mass is 365 g/mol. The normalized spacial score (nSPS) is 31.8. The van der Waals surface area contributed by atoms with Gasteiger partial charge in [0.2, 0.25) is 0 Å². The first-order valence-electron chi connectivity index (χ1n) is 9.33. The SMILES string of the molecule is CC[C@]1(CO)C[C@H]2CC[C@@H]1N2C(=O)c1sc(N2CCOCC2)nc1C. The Morgan fingerprint density at radius 3 is 2.80 bits per heavy atom. The molecule has 0 unspecified atom stereocenters. The van der Waals surface area contributed by atoms with Crippen molar-refractivity contribution in [3.8, 4) is 0 Å². The molecule has 3 fully saturated rings. The number of rotatable bonds is 4. The van der Waals surface area contributed by atoms with Gasteiger partial charge in [0.1, 0.15) is 4.88 Å². The Bertz CT molecular complexity index is 652. The van der Waals surface area contributed by atoms with E-state index in [2.05, 4.69) is 21.7 Å². The number of thiazole rings is 1. The molecule has 3 atom stereocenters. The maximum Gasteiger partial charge on any atom is 0.266 e. The summed E-state index contributed by atoms with van der Waals surface area (Å²) >= 11 is 1.51. The van der Waals surface area contributed by atoms with Gasteiger partial charge in [0, 0.05) is 30.6 Å². The molecule has 0 aromatic carbocycles. The summed E-state index contributed by atoms with van der Waals surface area (Å²) in [5, 5.41) is 10.9. The highest BCUT2D eigenvalue weighted by molar-refractivity contribution is 7.17. The van der Waals surface area contributed by atoms with Gasteiger partial charge in [0.15, 0.2) is 5.13 Å². The van der Waals surface area contributed by atoms with Crippen molar-refractivity contribution in [3.63, 3.8) is 0 Å². The van der Waals surface area contributed by atoms with Gasteiger partial charge in [-0.15, -0.1) is 0 Å². The molecule has 6 nitrogen and oxygen atoms in total. The molecule has 3 aliphatic rings. The van der Waals surface area contributed by atoms with E-state index < -0.39 is 0 Å². The molecule has 138 valence electrons. The van der Waals surface area contributed by atoms with Gasteiger partial charge in [-0.25, -0.2) is 4.98 Å². The van der Waals surface area contributed by atoms with Gasteiger partial charge in [-0.3, -0.25) is 4.79 Å². The van der Waals surface area contributed by atoms with E-state index in [1.54, 1.807) is 0 Å². The van der Waals surface area contributed by atoms with Crippen molar-refractivity contribution in [1.82, 2.24) is 9.88 Å². The summed E-state index contributed by atoms with van der Waals surface area (Å²) in [5.41, 5.74) is 0.721. The average Bonchev–Trinajstić information content (AvgIpc) is 3.33. The molecule has 4 rings (SSSR count). The maximum absolute atomic E-state index is 13.3. The molecule has 3 saturated heterocycles. The second-order valence-electron chi connectivity index (χ2n) is 7.55. The molecule has 0 saturated carbocycles. The van der Waals surface area contributed by atoms with Gasteiger partial charge < -0.3 is 19.6 Å². The van der Waals surface area contributed by atoms with Gasteiger partial charge in [0.25, 0.3) is 5.91 Å². The van der Waals surface area contributed by atoms with E-state index in [1.165, 1.54) is 11.3 Å². The van der Waals surface area contributed by atoms with Crippen LogP contribution in [0.3, 0.4) is 0 Å². The van der Waals surface area contributed by atoms with Crippen LogP contribution in [0.4, 0.5) is 5.13 Å². The van der Waals surface area contributed by atoms with Crippen LogP contribution in [0.25, 0.3) is 0 Å². The second kappa shape index (κ2) is 6.52. The molecular formula is C18H27N3O3S. The molecule has 1 N–H and O–H groups in total. The number of aliphatic hydroxyl groups is 1. The Morgan fingerprint density at radius 2 is 2.16 bits per heavy atom. The topological polar surface area (TPSA) is 65.9 Å². The van der Waals surface area contributed by atoms with Crippen LogP contribution in [-0.4, -0.2) is 65.9 Å². The van der Waals surface area contributed by atoms with Gasteiger partial charge in [-0.2, -0.15) is 0 Å². The Kier molecular flexibility index (Phi) is 4.50. The van der Waals surface area contributed by atoms with Crippen molar-refractivity contribution in [2.45, 2.75) is 51.6 Å². The van der Waals surface area contributed by atoms with E-state index >= 15 is 0 Å². The fourth-order valence-electron chi connectivity index (χ4n) is 4.85. The minimum Gasteiger partial charge on any atom is -0.396 e. The molecule has 2 bridgehead atoms. The number of fused-ring (bicyclic) bond motifs is 2. The molecule has 1 aromatic heterocycles. The lowest BCUT2D eigenvalue weighted by molar-refractivity contribution is 0.0560. The Labute approximate surface area is 152 Å².